The summed E-state index contributed by atoms with van der Waals surface area (Å²) in [5.74, 6) is -1.07. The number of carbonyl (C=O) groups is 2. The summed E-state index contributed by atoms with van der Waals surface area (Å²) < 4.78 is 0. The van der Waals surface area contributed by atoms with Crippen LogP contribution in [0.4, 0.5) is 5.69 Å². The molecule has 0 aliphatic rings. The van der Waals surface area contributed by atoms with Crippen LogP contribution < -0.4 is 10.6 Å². The van der Waals surface area contributed by atoms with E-state index < -0.39 is 10.8 Å². The molecule has 0 saturated heterocycles. The van der Waals surface area contributed by atoms with E-state index in [0.717, 1.165) is 12.3 Å². The van der Waals surface area contributed by atoms with Gasteiger partial charge in [0, 0.05) is 12.6 Å². The third-order valence-corrected chi connectivity index (χ3v) is 2.36. The van der Waals surface area contributed by atoms with Crippen molar-refractivity contribution in [1.82, 2.24) is 15.6 Å². The molecule has 1 aromatic rings. The van der Waals surface area contributed by atoms with Gasteiger partial charge in [-0.2, -0.15) is 0 Å². The molecule has 2 amide bonds. The highest BCUT2D eigenvalue weighted by molar-refractivity contribution is 6.32. The van der Waals surface area contributed by atoms with Gasteiger partial charge in [0.25, 0.3) is 11.6 Å². The molecule has 19 heavy (non-hydrogen) atoms. The minimum atomic E-state index is -0.701. The molecule has 0 unspecified atom stereocenters. The van der Waals surface area contributed by atoms with Crippen molar-refractivity contribution in [2.45, 2.75) is 6.92 Å². The first-order valence-corrected chi connectivity index (χ1v) is 5.68. The highest BCUT2D eigenvalue weighted by Crippen LogP contribution is 2.18. The standard InChI is InChI=1S/C10H11ClN4O4/c1-2-12-8(16)5-14-10(17)7-3-6(15(18)19)4-13-9(7)11/h3-4H,2,5H2,1H3,(H,12,16)(H,14,17). The number of pyridine rings is 1. The van der Waals surface area contributed by atoms with Crippen LogP contribution in [0, 0.1) is 10.1 Å². The number of carbonyl (C=O) groups excluding carboxylic acids is 2. The largest absolute Gasteiger partial charge is 0.355 e. The molecule has 9 heteroatoms. The fraction of sp³-hybridized carbons (Fsp3) is 0.300. The van der Waals surface area contributed by atoms with E-state index in [1.165, 1.54) is 0 Å². The Kier molecular flexibility index (Phi) is 5.19. The molecular formula is C10H11ClN4O4. The molecule has 1 rings (SSSR count). The SMILES string of the molecule is CCNC(=O)CNC(=O)c1cc([N+](=O)[O-])cnc1Cl. The van der Waals surface area contributed by atoms with Gasteiger partial charge in [0.05, 0.1) is 17.0 Å². The normalized spacial score (nSPS) is 9.79. The van der Waals surface area contributed by atoms with Crippen molar-refractivity contribution in [3.05, 3.63) is 33.1 Å². The number of nitrogens with zero attached hydrogens (tertiary/aromatic N) is 2. The van der Waals surface area contributed by atoms with Gasteiger partial charge in [-0.25, -0.2) is 4.98 Å². The maximum Gasteiger partial charge on any atom is 0.288 e. The molecule has 1 heterocycles. The van der Waals surface area contributed by atoms with Crippen molar-refractivity contribution in [3.8, 4) is 0 Å². The number of nitrogens with one attached hydrogen (secondary N) is 2. The van der Waals surface area contributed by atoms with Crippen LogP contribution in [-0.2, 0) is 4.79 Å². The Morgan fingerprint density at radius 1 is 1.47 bits per heavy atom. The fourth-order valence-electron chi connectivity index (χ4n) is 1.21. The van der Waals surface area contributed by atoms with Crippen molar-refractivity contribution in [3.63, 3.8) is 0 Å². The summed E-state index contributed by atoms with van der Waals surface area (Å²) >= 11 is 5.68. The van der Waals surface area contributed by atoms with E-state index in [9.17, 15) is 19.7 Å². The van der Waals surface area contributed by atoms with Crippen LogP contribution in [0.3, 0.4) is 0 Å². The number of aromatic nitrogens is 1. The lowest BCUT2D eigenvalue weighted by Gasteiger charge is -2.06. The lowest BCUT2D eigenvalue weighted by molar-refractivity contribution is -0.385. The van der Waals surface area contributed by atoms with Gasteiger partial charge >= 0.3 is 0 Å². The molecule has 0 radical (unpaired) electrons. The minimum absolute atomic E-state index is 0.153. The van der Waals surface area contributed by atoms with Crippen LogP contribution in [0.15, 0.2) is 12.3 Å². The zero-order valence-electron chi connectivity index (χ0n) is 9.97. The smallest absolute Gasteiger partial charge is 0.288 e. The van der Waals surface area contributed by atoms with Crippen molar-refractivity contribution < 1.29 is 14.5 Å². The third kappa shape index (κ3) is 4.18. The van der Waals surface area contributed by atoms with E-state index in [1.807, 2.05) is 0 Å². The third-order valence-electron chi connectivity index (χ3n) is 2.06. The Morgan fingerprint density at radius 2 is 2.16 bits per heavy atom. The lowest BCUT2D eigenvalue weighted by atomic mass is 10.2. The fourth-order valence-corrected chi connectivity index (χ4v) is 1.40. The summed E-state index contributed by atoms with van der Waals surface area (Å²) in [6.07, 6.45) is 0.947. The van der Waals surface area contributed by atoms with Gasteiger partial charge in [0.2, 0.25) is 5.91 Å². The second-order valence-corrected chi connectivity index (χ2v) is 3.78. The predicted molar refractivity (Wildman–Crippen MR) is 66.9 cm³/mol. The van der Waals surface area contributed by atoms with Gasteiger partial charge < -0.3 is 10.6 Å². The number of hydrogen-bond donors (Lipinski definition) is 2. The van der Waals surface area contributed by atoms with Crippen LogP contribution >= 0.6 is 11.6 Å². The number of likely N-dealkylation sites (N-methyl/N-ethyl adjacent to an activating group) is 1. The molecule has 0 spiro atoms. The Labute approximate surface area is 113 Å². The molecule has 1 aromatic heterocycles. The zero-order chi connectivity index (χ0) is 14.4. The van der Waals surface area contributed by atoms with Gasteiger partial charge in [-0.15, -0.1) is 0 Å². The monoisotopic (exact) mass is 286 g/mol. The first kappa shape index (κ1) is 14.8. The van der Waals surface area contributed by atoms with Gasteiger partial charge in [-0.1, -0.05) is 11.6 Å². The summed E-state index contributed by atoms with van der Waals surface area (Å²) in [5, 5.41) is 15.2. The van der Waals surface area contributed by atoms with Crippen LogP contribution in [-0.4, -0.2) is 34.8 Å². The van der Waals surface area contributed by atoms with E-state index in [0.29, 0.717) is 6.54 Å². The summed E-state index contributed by atoms with van der Waals surface area (Å²) in [4.78, 5) is 36.3. The molecule has 0 atom stereocenters. The van der Waals surface area contributed by atoms with Crippen molar-refractivity contribution in [1.29, 1.82) is 0 Å². The van der Waals surface area contributed by atoms with Gasteiger partial charge in [0.1, 0.15) is 11.3 Å². The van der Waals surface area contributed by atoms with E-state index >= 15 is 0 Å². The Morgan fingerprint density at radius 3 is 2.74 bits per heavy atom. The molecule has 0 fully saturated rings. The molecule has 0 bridgehead atoms. The highest BCUT2D eigenvalue weighted by atomic mass is 35.5. The molecule has 0 aromatic carbocycles. The molecule has 8 nitrogen and oxygen atoms in total. The average molecular weight is 287 g/mol. The van der Waals surface area contributed by atoms with E-state index in [4.69, 9.17) is 11.6 Å². The first-order chi connectivity index (χ1) is 8.95. The van der Waals surface area contributed by atoms with E-state index in [-0.39, 0.29) is 28.9 Å². The van der Waals surface area contributed by atoms with E-state index in [1.54, 1.807) is 6.92 Å². The second kappa shape index (κ2) is 6.64. The van der Waals surface area contributed by atoms with Crippen molar-refractivity contribution >= 4 is 29.1 Å². The number of halogens is 1. The summed E-state index contributed by atoms with van der Waals surface area (Å²) in [6.45, 7) is 1.93. The predicted octanol–water partition coefficient (Wildman–Crippen LogP) is 0.509. The maximum absolute atomic E-state index is 11.7. The van der Waals surface area contributed by atoms with Crippen LogP contribution in [0.5, 0.6) is 0 Å². The Hall–Kier alpha value is -2.22. The highest BCUT2D eigenvalue weighted by Gasteiger charge is 2.17. The maximum atomic E-state index is 11.7. The quantitative estimate of drug-likeness (QED) is 0.465. The minimum Gasteiger partial charge on any atom is -0.355 e. The molecule has 0 aliphatic heterocycles. The molecule has 0 aliphatic carbocycles. The van der Waals surface area contributed by atoms with Gasteiger partial charge in [-0.05, 0) is 6.92 Å². The topological polar surface area (TPSA) is 114 Å². The number of rotatable bonds is 5. The Balaban J connectivity index is 2.79. The van der Waals surface area contributed by atoms with Crippen molar-refractivity contribution in [2.24, 2.45) is 0 Å². The average Bonchev–Trinajstić information content (AvgIpc) is 2.36. The van der Waals surface area contributed by atoms with E-state index in [2.05, 4.69) is 15.6 Å². The van der Waals surface area contributed by atoms with Crippen molar-refractivity contribution in [2.75, 3.05) is 13.1 Å². The zero-order valence-corrected chi connectivity index (χ0v) is 10.7. The molecule has 102 valence electrons. The molecule has 0 saturated carbocycles. The van der Waals surface area contributed by atoms with Gasteiger partial charge in [-0.3, -0.25) is 19.7 Å². The number of hydrogen-bond acceptors (Lipinski definition) is 5. The molecule has 2 N–H and O–H groups in total. The number of amides is 2. The molecular weight excluding hydrogens is 276 g/mol. The summed E-state index contributed by atoms with van der Waals surface area (Å²) in [5.41, 5.74) is -0.507. The summed E-state index contributed by atoms with van der Waals surface area (Å²) in [7, 11) is 0. The van der Waals surface area contributed by atoms with Crippen LogP contribution in [0.25, 0.3) is 0 Å². The summed E-state index contributed by atoms with van der Waals surface area (Å²) in [6, 6.07) is 1.00. The Bertz CT molecular complexity index is 520. The van der Waals surface area contributed by atoms with Crippen LogP contribution in [0.2, 0.25) is 5.15 Å². The second-order valence-electron chi connectivity index (χ2n) is 3.43. The van der Waals surface area contributed by atoms with Gasteiger partial charge in [0.15, 0.2) is 0 Å². The first-order valence-electron chi connectivity index (χ1n) is 5.30. The number of nitro groups is 1. The van der Waals surface area contributed by atoms with Crippen LogP contribution in [0.1, 0.15) is 17.3 Å². The lowest BCUT2D eigenvalue weighted by Crippen LogP contribution is -2.36.